The van der Waals surface area contributed by atoms with Crippen LogP contribution in [0.25, 0.3) is 0 Å². The minimum Gasteiger partial charge on any atom is -0.376 e. The van der Waals surface area contributed by atoms with E-state index in [4.69, 9.17) is 16.3 Å². The highest BCUT2D eigenvalue weighted by Crippen LogP contribution is 2.30. The van der Waals surface area contributed by atoms with Gasteiger partial charge in [-0.25, -0.2) is 0 Å². The number of rotatable bonds is 8. The lowest BCUT2D eigenvalue weighted by Crippen LogP contribution is -2.32. The Kier molecular flexibility index (Phi) is 7.42. The number of nitrogens with one attached hydrogen (secondary N) is 1. The van der Waals surface area contributed by atoms with Crippen LogP contribution in [0.15, 0.2) is 32.9 Å². The van der Waals surface area contributed by atoms with E-state index in [1.165, 1.54) is 28.7 Å². The lowest BCUT2D eigenvalue weighted by molar-refractivity contribution is -0.119. The highest BCUT2D eigenvalue weighted by Gasteiger charge is 2.16. The number of ether oxygens (including phenoxy) is 1. The van der Waals surface area contributed by atoms with E-state index in [1.807, 2.05) is 24.3 Å². The second kappa shape index (κ2) is 9.78. The molecule has 2 aromatic rings. The van der Waals surface area contributed by atoms with Crippen LogP contribution in [0.4, 0.5) is 0 Å². The van der Waals surface area contributed by atoms with Crippen LogP contribution in [0, 0.1) is 0 Å². The van der Waals surface area contributed by atoms with Crippen LogP contribution in [-0.4, -0.2) is 41.1 Å². The van der Waals surface area contributed by atoms with E-state index in [-0.39, 0.29) is 12.0 Å². The summed E-state index contributed by atoms with van der Waals surface area (Å²) in [6.45, 7) is 1.40. The molecule has 1 amide bonds. The molecule has 1 aromatic heterocycles. The van der Waals surface area contributed by atoms with Gasteiger partial charge >= 0.3 is 0 Å². The van der Waals surface area contributed by atoms with Crippen molar-refractivity contribution >= 4 is 52.4 Å². The summed E-state index contributed by atoms with van der Waals surface area (Å²) in [5.74, 6) is 1.17. The summed E-state index contributed by atoms with van der Waals surface area (Å²) in [6, 6.07) is 7.77. The topological polar surface area (TPSA) is 64.1 Å². The monoisotopic (exact) mass is 415 g/mol. The number of nitrogens with zero attached hydrogens (tertiary/aromatic N) is 2. The third kappa shape index (κ3) is 6.45. The number of carbonyl (C=O) groups is 1. The molecule has 9 heteroatoms. The largest absolute Gasteiger partial charge is 0.376 e. The van der Waals surface area contributed by atoms with Gasteiger partial charge in [-0.15, -0.1) is 10.2 Å². The van der Waals surface area contributed by atoms with Crippen molar-refractivity contribution in [1.29, 1.82) is 0 Å². The molecule has 0 radical (unpaired) electrons. The Labute approximate surface area is 164 Å². The van der Waals surface area contributed by atoms with Crippen LogP contribution in [0.5, 0.6) is 0 Å². The lowest BCUT2D eigenvalue weighted by Gasteiger charge is -2.09. The molecule has 134 valence electrons. The average Bonchev–Trinajstić information content (AvgIpc) is 3.29. The van der Waals surface area contributed by atoms with Gasteiger partial charge in [0.25, 0.3) is 0 Å². The van der Waals surface area contributed by atoms with E-state index < -0.39 is 0 Å². The number of aromatic nitrogens is 2. The first-order valence-electron chi connectivity index (χ1n) is 7.91. The zero-order valence-corrected chi connectivity index (χ0v) is 16.6. The van der Waals surface area contributed by atoms with E-state index in [9.17, 15) is 4.79 Å². The molecule has 0 unspecified atom stereocenters. The first kappa shape index (κ1) is 19.0. The van der Waals surface area contributed by atoms with E-state index in [2.05, 4.69) is 15.5 Å². The van der Waals surface area contributed by atoms with Crippen LogP contribution in [0.3, 0.4) is 0 Å². The lowest BCUT2D eigenvalue weighted by atomic mass is 10.2. The van der Waals surface area contributed by atoms with Crippen LogP contribution < -0.4 is 5.32 Å². The quantitative estimate of drug-likeness (QED) is 0.660. The fourth-order valence-electron chi connectivity index (χ4n) is 2.25. The summed E-state index contributed by atoms with van der Waals surface area (Å²) < 4.78 is 7.20. The van der Waals surface area contributed by atoms with Gasteiger partial charge in [0.1, 0.15) is 0 Å². The number of carbonyl (C=O) groups excluding carboxylic acids is 1. The second-order valence-corrected chi connectivity index (χ2v) is 9.34. The summed E-state index contributed by atoms with van der Waals surface area (Å²) in [5.41, 5.74) is 1.19. The van der Waals surface area contributed by atoms with Crippen molar-refractivity contribution in [2.24, 2.45) is 0 Å². The molecule has 1 atom stereocenters. The van der Waals surface area contributed by atoms with Crippen molar-refractivity contribution < 1.29 is 9.53 Å². The molecule has 0 aliphatic carbocycles. The molecule has 5 nitrogen and oxygen atoms in total. The third-order valence-electron chi connectivity index (χ3n) is 3.54. The number of benzene rings is 1. The zero-order chi connectivity index (χ0) is 17.5. The molecule has 1 N–H and O–H groups in total. The Hall–Kier alpha value is -0.800. The standard InChI is InChI=1S/C16H18ClN3O2S3/c17-12-5-3-11(4-6-12)9-23-15-19-20-16(25-15)24-10-14(21)18-8-13-2-1-7-22-13/h3-6,13H,1-2,7-10H2,(H,18,21)/t13-/m0/s1. The van der Waals surface area contributed by atoms with E-state index in [0.29, 0.717) is 12.3 Å². The number of hydrogen-bond donors (Lipinski definition) is 1. The molecule has 1 saturated heterocycles. The van der Waals surface area contributed by atoms with Crippen molar-refractivity contribution in [3.63, 3.8) is 0 Å². The van der Waals surface area contributed by atoms with Crippen molar-refractivity contribution in [2.75, 3.05) is 18.9 Å². The Bertz CT molecular complexity index is 690. The summed E-state index contributed by atoms with van der Waals surface area (Å²) in [6.07, 6.45) is 2.28. The second-order valence-electron chi connectivity index (χ2n) is 5.48. The zero-order valence-electron chi connectivity index (χ0n) is 13.4. The molecule has 0 spiro atoms. The molecule has 2 heterocycles. The van der Waals surface area contributed by atoms with Crippen molar-refractivity contribution in [3.8, 4) is 0 Å². The van der Waals surface area contributed by atoms with Gasteiger partial charge in [0.2, 0.25) is 5.91 Å². The van der Waals surface area contributed by atoms with Gasteiger partial charge in [0.15, 0.2) is 8.68 Å². The SMILES string of the molecule is O=C(CSc1nnc(SCc2ccc(Cl)cc2)s1)NC[C@@H]1CCCO1. The van der Waals surface area contributed by atoms with Crippen LogP contribution in [0.2, 0.25) is 5.02 Å². The van der Waals surface area contributed by atoms with Crippen molar-refractivity contribution in [2.45, 2.75) is 33.4 Å². The normalized spacial score (nSPS) is 16.9. The first-order chi connectivity index (χ1) is 12.2. The van der Waals surface area contributed by atoms with Gasteiger partial charge in [-0.05, 0) is 30.5 Å². The van der Waals surface area contributed by atoms with E-state index >= 15 is 0 Å². The molecule has 1 aliphatic rings. The minimum absolute atomic E-state index is 0.00562. The van der Waals surface area contributed by atoms with Crippen molar-refractivity contribution in [1.82, 2.24) is 15.5 Å². The van der Waals surface area contributed by atoms with Gasteiger partial charge in [-0.3, -0.25) is 4.79 Å². The maximum Gasteiger partial charge on any atom is 0.230 e. The van der Waals surface area contributed by atoms with Gasteiger partial charge in [-0.2, -0.15) is 0 Å². The molecule has 1 aliphatic heterocycles. The number of thioether (sulfide) groups is 2. The Morgan fingerprint density at radius 2 is 2.04 bits per heavy atom. The van der Waals surface area contributed by atoms with Gasteiger partial charge in [0.05, 0.1) is 11.9 Å². The summed E-state index contributed by atoms with van der Waals surface area (Å²) in [7, 11) is 0. The van der Waals surface area contributed by atoms with Crippen LogP contribution in [0.1, 0.15) is 18.4 Å². The molecule has 1 fully saturated rings. The maximum atomic E-state index is 11.9. The van der Waals surface area contributed by atoms with Crippen LogP contribution in [-0.2, 0) is 15.3 Å². The number of hydrogen-bond acceptors (Lipinski definition) is 7. The molecule has 0 bridgehead atoms. The summed E-state index contributed by atoms with van der Waals surface area (Å²) in [5, 5.41) is 12.0. The van der Waals surface area contributed by atoms with Crippen molar-refractivity contribution in [3.05, 3.63) is 34.9 Å². The number of amides is 1. The van der Waals surface area contributed by atoms with Gasteiger partial charge < -0.3 is 10.1 Å². The van der Waals surface area contributed by atoms with E-state index in [0.717, 1.165) is 38.9 Å². The highest BCUT2D eigenvalue weighted by atomic mass is 35.5. The Morgan fingerprint density at radius 3 is 2.76 bits per heavy atom. The molecular weight excluding hydrogens is 398 g/mol. The molecule has 1 aromatic carbocycles. The molecule has 25 heavy (non-hydrogen) atoms. The predicted octanol–water partition coefficient (Wildman–Crippen LogP) is 3.87. The minimum atomic E-state index is 0.00562. The predicted molar refractivity (Wildman–Crippen MR) is 104 cm³/mol. The molecule has 0 saturated carbocycles. The molecule has 3 rings (SSSR count). The summed E-state index contributed by atoms with van der Waals surface area (Å²) >= 11 is 10.4. The number of halogens is 1. The Morgan fingerprint density at radius 1 is 1.28 bits per heavy atom. The smallest absolute Gasteiger partial charge is 0.230 e. The van der Waals surface area contributed by atoms with Gasteiger partial charge in [-0.1, -0.05) is 58.6 Å². The van der Waals surface area contributed by atoms with Crippen LogP contribution >= 0.6 is 46.5 Å². The third-order valence-corrected chi connectivity index (χ3v) is 7.05. The maximum absolute atomic E-state index is 11.9. The summed E-state index contributed by atoms with van der Waals surface area (Å²) in [4.78, 5) is 11.9. The fourth-order valence-corrected chi connectivity index (χ4v) is 5.18. The fraction of sp³-hybridized carbons (Fsp3) is 0.438. The van der Waals surface area contributed by atoms with Gasteiger partial charge in [0, 0.05) is 23.9 Å². The average molecular weight is 416 g/mol. The molecular formula is C16H18ClN3O2S3. The first-order valence-corrected chi connectivity index (χ1v) is 11.1. The Balaban J connectivity index is 1.37. The highest BCUT2D eigenvalue weighted by molar-refractivity contribution is 8.03. The van der Waals surface area contributed by atoms with E-state index in [1.54, 1.807) is 11.8 Å².